The Hall–Kier alpha value is -2.84. The number of hydrogen-bond acceptors (Lipinski definition) is 3. The van der Waals surface area contributed by atoms with E-state index in [-0.39, 0.29) is 12.0 Å². The van der Waals surface area contributed by atoms with Gasteiger partial charge in [-0.1, -0.05) is 12.1 Å². The molecule has 0 bridgehead atoms. The van der Waals surface area contributed by atoms with Crippen LogP contribution in [-0.2, 0) is 17.4 Å². The maximum absolute atomic E-state index is 12.4. The van der Waals surface area contributed by atoms with Crippen LogP contribution in [0.4, 0.5) is 13.2 Å². The van der Waals surface area contributed by atoms with Crippen molar-refractivity contribution in [2.45, 2.75) is 19.5 Å². The normalized spacial score (nSPS) is 11.8. The van der Waals surface area contributed by atoms with Gasteiger partial charge in [0.15, 0.2) is 0 Å². The van der Waals surface area contributed by atoms with Crippen LogP contribution in [-0.4, -0.2) is 22.3 Å². The summed E-state index contributed by atoms with van der Waals surface area (Å²) < 4.78 is 37.2. The summed E-state index contributed by atoms with van der Waals surface area (Å²) in [4.78, 5) is 23.0. The quantitative estimate of drug-likeness (QED) is 0.590. The lowest BCUT2D eigenvalue weighted by atomic mass is 10.1. The van der Waals surface area contributed by atoms with Crippen molar-refractivity contribution >= 4 is 12.1 Å². The maximum atomic E-state index is 12.4. The summed E-state index contributed by atoms with van der Waals surface area (Å²) in [7, 11) is 0. The number of aromatic amines is 2. The lowest BCUT2D eigenvalue weighted by Crippen LogP contribution is -2.23. The number of hydrogen-bond donors (Lipinski definition) is 3. The molecule has 1 heterocycles. The Morgan fingerprint density at radius 1 is 1.26 bits per heavy atom. The second kappa shape index (κ2) is 6.51. The fourth-order valence-corrected chi connectivity index (χ4v) is 1.82. The van der Waals surface area contributed by atoms with Gasteiger partial charge in [-0.3, -0.25) is 14.7 Å². The van der Waals surface area contributed by atoms with Gasteiger partial charge in [0.05, 0.1) is 18.2 Å². The topological polar surface area (TPSA) is 90.1 Å². The minimum Gasteiger partial charge on any atom is -0.302 e. The van der Waals surface area contributed by atoms with Crippen LogP contribution in [0.2, 0.25) is 0 Å². The number of aryl methyl sites for hydroxylation is 1. The van der Waals surface area contributed by atoms with Crippen molar-refractivity contribution in [2.75, 3.05) is 0 Å². The van der Waals surface area contributed by atoms with Crippen molar-refractivity contribution in [3.8, 4) is 0 Å². The van der Waals surface area contributed by atoms with E-state index in [1.807, 2.05) is 0 Å². The van der Waals surface area contributed by atoms with Crippen LogP contribution in [0.5, 0.6) is 0 Å². The van der Waals surface area contributed by atoms with Gasteiger partial charge in [-0.25, -0.2) is 5.43 Å². The van der Waals surface area contributed by atoms with E-state index >= 15 is 0 Å². The van der Waals surface area contributed by atoms with Crippen LogP contribution >= 0.6 is 0 Å². The molecule has 0 fully saturated rings. The minimum atomic E-state index is -4.40. The number of nitrogens with zero attached hydrogens (tertiary/aromatic N) is 1. The third kappa shape index (κ3) is 4.31. The zero-order chi connectivity index (χ0) is 17.0. The summed E-state index contributed by atoms with van der Waals surface area (Å²) in [5.74, 6) is -0.513. The van der Waals surface area contributed by atoms with Crippen molar-refractivity contribution in [3.63, 3.8) is 0 Å². The number of aromatic nitrogens is 2. The summed E-state index contributed by atoms with van der Waals surface area (Å²) >= 11 is 0. The molecule has 6 nitrogen and oxygen atoms in total. The third-order valence-corrected chi connectivity index (χ3v) is 3.07. The fraction of sp³-hybridized carbons (Fsp3) is 0.214. The fourth-order valence-electron chi connectivity index (χ4n) is 1.82. The second-order valence-corrected chi connectivity index (χ2v) is 4.77. The lowest BCUT2D eigenvalue weighted by Gasteiger charge is -2.05. The molecule has 2 rings (SSSR count). The van der Waals surface area contributed by atoms with Crippen molar-refractivity contribution in [2.24, 2.45) is 5.10 Å². The Morgan fingerprint density at radius 3 is 2.43 bits per heavy atom. The van der Waals surface area contributed by atoms with Gasteiger partial charge in [0, 0.05) is 11.3 Å². The highest BCUT2D eigenvalue weighted by atomic mass is 19.4. The Morgan fingerprint density at radius 2 is 1.91 bits per heavy atom. The minimum absolute atomic E-state index is 0.158. The smallest absolute Gasteiger partial charge is 0.302 e. The zero-order valence-electron chi connectivity index (χ0n) is 12.0. The van der Waals surface area contributed by atoms with Gasteiger partial charge >= 0.3 is 6.18 Å². The molecule has 0 aliphatic heterocycles. The molecule has 0 aliphatic rings. The number of rotatable bonds is 4. The molecule has 0 saturated heterocycles. The number of carbonyl (C=O) groups excluding carboxylic acids is 1. The number of benzene rings is 1. The van der Waals surface area contributed by atoms with Crippen LogP contribution in [0.1, 0.15) is 22.4 Å². The Bertz CT molecular complexity index is 773. The Labute approximate surface area is 128 Å². The molecule has 2 aromatic rings. The van der Waals surface area contributed by atoms with Crippen LogP contribution in [0, 0.1) is 6.92 Å². The molecule has 122 valence electrons. The molecule has 0 radical (unpaired) electrons. The van der Waals surface area contributed by atoms with Gasteiger partial charge in [0.1, 0.15) is 0 Å². The van der Waals surface area contributed by atoms with Crippen molar-refractivity contribution < 1.29 is 18.0 Å². The van der Waals surface area contributed by atoms with E-state index in [9.17, 15) is 22.8 Å². The molecule has 1 amide bonds. The largest absolute Gasteiger partial charge is 0.416 e. The monoisotopic (exact) mass is 326 g/mol. The van der Waals surface area contributed by atoms with Crippen molar-refractivity contribution in [1.29, 1.82) is 0 Å². The molecule has 1 aromatic carbocycles. The number of nitrogens with one attached hydrogen (secondary N) is 3. The number of hydrazone groups is 1. The molecule has 0 saturated carbocycles. The predicted molar refractivity (Wildman–Crippen MR) is 77.0 cm³/mol. The molecule has 9 heteroatoms. The van der Waals surface area contributed by atoms with Crippen molar-refractivity contribution in [1.82, 2.24) is 15.6 Å². The molecule has 0 atom stereocenters. The Balaban J connectivity index is 1.94. The number of alkyl halides is 3. The van der Waals surface area contributed by atoms with E-state index in [4.69, 9.17) is 0 Å². The van der Waals surface area contributed by atoms with E-state index in [0.717, 1.165) is 12.1 Å². The number of H-pyrrole nitrogens is 2. The summed E-state index contributed by atoms with van der Waals surface area (Å²) in [6, 6.07) is 4.32. The first-order valence-corrected chi connectivity index (χ1v) is 6.52. The summed E-state index contributed by atoms with van der Waals surface area (Å²) in [6.07, 6.45) is -3.34. The van der Waals surface area contributed by atoms with E-state index < -0.39 is 17.6 Å². The van der Waals surface area contributed by atoms with Gasteiger partial charge in [-0.2, -0.15) is 18.3 Å². The molecule has 0 spiro atoms. The van der Waals surface area contributed by atoms with E-state index in [2.05, 4.69) is 20.7 Å². The third-order valence-electron chi connectivity index (χ3n) is 3.07. The first-order valence-electron chi connectivity index (χ1n) is 6.52. The van der Waals surface area contributed by atoms with E-state index in [1.54, 1.807) is 6.92 Å². The van der Waals surface area contributed by atoms with Gasteiger partial charge in [0.2, 0.25) is 5.91 Å². The highest BCUT2D eigenvalue weighted by molar-refractivity contribution is 5.83. The lowest BCUT2D eigenvalue weighted by molar-refractivity contribution is -0.137. The highest BCUT2D eigenvalue weighted by Gasteiger charge is 2.29. The molecule has 0 unspecified atom stereocenters. The standard InChI is InChI=1S/C14H13F3N4O2/c1-8-11(13(23)21-19-8)6-12(22)20-18-7-9-2-4-10(5-3-9)14(15,16)17/h2-5,7H,6H2,1H3,(H,20,22)(H2,19,21,23)/b18-7-. The second-order valence-electron chi connectivity index (χ2n) is 4.77. The average molecular weight is 326 g/mol. The predicted octanol–water partition coefficient (Wildman–Crippen LogP) is 1.72. The first kappa shape index (κ1) is 16.5. The van der Waals surface area contributed by atoms with Crippen molar-refractivity contribution in [3.05, 3.63) is 57.0 Å². The number of halogens is 3. The summed E-state index contributed by atoms with van der Waals surface area (Å²) in [5, 5.41) is 8.59. The molecular formula is C14H13F3N4O2. The zero-order valence-corrected chi connectivity index (χ0v) is 12.0. The van der Waals surface area contributed by atoms with Gasteiger partial charge in [-0.05, 0) is 24.6 Å². The van der Waals surface area contributed by atoms with E-state index in [0.29, 0.717) is 16.8 Å². The Kier molecular flexibility index (Phi) is 4.68. The molecular weight excluding hydrogens is 313 g/mol. The highest BCUT2D eigenvalue weighted by Crippen LogP contribution is 2.28. The first-order chi connectivity index (χ1) is 10.8. The van der Waals surface area contributed by atoms with Crippen LogP contribution in [0.15, 0.2) is 34.2 Å². The molecule has 23 heavy (non-hydrogen) atoms. The molecule has 3 N–H and O–H groups in total. The molecule has 0 aliphatic carbocycles. The number of carbonyl (C=O) groups is 1. The summed E-state index contributed by atoms with van der Waals surface area (Å²) in [6.45, 7) is 1.64. The van der Waals surface area contributed by atoms with Crippen LogP contribution < -0.4 is 11.0 Å². The number of amides is 1. The van der Waals surface area contributed by atoms with Crippen LogP contribution in [0.3, 0.4) is 0 Å². The van der Waals surface area contributed by atoms with Gasteiger partial charge < -0.3 is 5.10 Å². The SMILES string of the molecule is Cc1[nH][nH]c(=O)c1CC(=O)N/N=C\c1ccc(C(F)(F)F)cc1. The molecule has 1 aromatic heterocycles. The average Bonchev–Trinajstić information content (AvgIpc) is 2.79. The van der Waals surface area contributed by atoms with Gasteiger partial charge in [0.25, 0.3) is 5.56 Å². The maximum Gasteiger partial charge on any atom is 0.416 e. The van der Waals surface area contributed by atoms with E-state index in [1.165, 1.54) is 18.3 Å². The van der Waals surface area contributed by atoms with Gasteiger partial charge in [-0.15, -0.1) is 0 Å². The van der Waals surface area contributed by atoms with Crippen LogP contribution in [0.25, 0.3) is 0 Å². The summed E-state index contributed by atoms with van der Waals surface area (Å²) in [5.41, 5.74) is 2.31.